The van der Waals surface area contributed by atoms with E-state index in [-0.39, 0.29) is 61.0 Å². The average Bonchev–Trinajstić information content (AvgIpc) is 3.21. The van der Waals surface area contributed by atoms with Crippen LogP contribution in [-0.2, 0) is 27.2 Å². The molecule has 0 spiro atoms. The number of rotatable bonds is 10. The monoisotopic (exact) mass is 1140 g/mol. The van der Waals surface area contributed by atoms with Crippen LogP contribution in [0, 0.1) is 20.5 Å². The SMILES string of the molecule is C[n+]1ccc(-c2cc[n+](CCCN3C(=O)c4ccc5c6c(ccc(c46)C3=O)C(=O)N(CCC[n+]3ccc(-c4cc[n+](C)cc4)cc3)C5=O)cc2)cc1.[I-].[I-].[O-][Cl+3]([O-])([O-])[O-].[O-][Cl+3]([O-])([O-])[O-]. The number of benzene rings is 2. The first kappa shape index (κ1) is 51.9. The van der Waals surface area contributed by atoms with Crippen LogP contribution in [0.5, 0.6) is 0 Å². The zero-order chi connectivity index (χ0) is 44.9. The summed E-state index contributed by atoms with van der Waals surface area (Å²) in [5, 5.41) is 0.787. The first-order valence-electron chi connectivity index (χ1n) is 18.7. The average molecular weight is 1140 g/mol. The van der Waals surface area contributed by atoms with E-state index in [2.05, 4.69) is 48.5 Å². The Morgan fingerprint density at radius 3 is 0.859 bits per heavy atom. The Bertz CT molecular complexity index is 2370. The Hall–Kier alpha value is -4.70. The molecule has 18 nitrogen and oxygen atoms in total. The predicted molar refractivity (Wildman–Crippen MR) is 190 cm³/mol. The fourth-order valence-corrected chi connectivity index (χ4v) is 7.19. The molecule has 22 heteroatoms. The quantitative estimate of drug-likeness (QED) is 0.0703. The van der Waals surface area contributed by atoms with Crippen molar-refractivity contribution in [3.8, 4) is 22.3 Å². The van der Waals surface area contributed by atoms with Crippen LogP contribution in [0.4, 0.5) is 0 Å². The molecule has 336 valence electrons. The minimum absolute atomic E-state index is 0. The maximum atomic E-state index is 13.7. The Morgan fingerprint density at radius 1 is 0.406 bits per heavy atom. The van der Waals surface area contributed by atoms with Gasteiger partial charge in [-0.2, -0.15) is 0 Å². The van der Waals surface area contributed by atoms with Crippen molar-refractivity contribution in [1.82, 2.24) is 9.80 Å². The number of aryl methyl sites for hydroxylation is 4. The highest BCUT2D eigenvalue weighted by Crippen LogP contribution is 2.38. The Morgan fingerprint density at radius 2 is 0.625 bits per heavy atom. The van der Waals surface area contributed by atoms with Crippen LogP contribution in [0.15, 0.2) is 122 Å². The predicted octanol–water partition coefficient (Wildman–Crippen LogP) is -11.7. The topological polar surface area (TPSA) is 275 Å². The molecule has 2 aliphatic heterocycles. The smallest absolute Gasteiger partial charge is 0.261 e. The summed E-state index contributed by atoms with van der Waals surface area (Å²) in [5.74, 6) is -1.65. The van der Waals surface area contributed by atoms with Gasteiger partial charge in [-0.25, -0.2) is 55.5 Å². The number of aromatic nitrogens is 4. The molecule has 0 unspecified atom stereocenters. The molecule has 8 rings (SSSR count). The molecule has 64 heavy (non-hydrogen) atoms. The molecular formula is C42H38Cl2I2N6O12. The van der Waals surface area contributed by atoms with Gasteiger partial charge in [0.1, 0.15) is 27.2 Å². The molecule has 4 amide bonds. The number of carbonyl (C=O) groups excluding carboxylic acids is 4. The Balaban J connectivity index is 0.000000677. The van der Waals surface area contributed by atoms with Gasteiger partial charge in [-0.05, 0) is 46.5 Å². The highest BCUT2D eigenvalue weighted by molar-refractivity contribution is 6.33. The van der Waals surface area contributed by atoms with Crippen molar-refractivity contribution in [2.75, 3.05) is 13.1 Å². The summed E-state index contributed by atoms with van der Waals surface area (Å²) in [7, 11) is -5.92. The molecular weight excluding hydrogens is 1110 g/mol. The van der Waals surface area contributed by atoms with Gasteiger partial charge in [0.2, 0.25) is 0 Å². The van der Waals surface area contributed by atoms with Crippen molar-refractivity contribution in [2.24, 2.45) is 14.1 Å². The van der Waals surface area contributed by atoms with Crippen LogP contribution >= 0.6 is 0 Å². The van der Waals surface area contributed by atoms with Gasteiger partial charge < -0.3 is 48.0 Å². The zero-order valence-corrected chi connectivity index (χ0v) is 39.7. The highest BCUT2D eigenvalue weighted by atomic mass is 127. The van der Waals surface area contributed by atoms with E-state index in [1.54, 1.807) is 24.3 Å². The maximum Gasteiger partial charge on any atom is 0.261 e. The van der Waals surface area contributed by atoms with E-state index >= 15 is 0 Å². The summed E-state index contributed by atoms with van der Waals surface area (Å²) in [6, 6.07) is 23.0. The molecule has 0 fully saturated rings. The fraction of sp³-hybridized carbons (Fsp3) is 0.190. The molecule has 2 aliphatic rings. The van der Waals surface area contributed by atoms with Crippen LogP contribution in [0.3, 0.4) is 0 Å². The van der Waals surface area contributed by atoms with Gasteiger partial charge in [-0.3, -0.25) is 29.0 Å². The number of carbonyl (C=O) groups is 4. The second-order valence-electron chi connectivity index (χ2n) is 14.2. The third-order valence-corrected chi connectivity index (χ3v) is 10.1. The number of nitrogens with zero attached hydrogens (tertiary/aromatic N) is 6. The number of halogens is 4. The summed E-state index contributed by atoms with van der Waals surface area (Å²) < 4.78 is 76.0. The first-order valence-corrected chi connectivity index (χ1v) is 21.2. The largest absolute Gasteiger partial charge is 1.00 e. The van der Waals surface area contributed by atoms with Gasteiger partial charge >= 0.3 is 0 Å². The van der Waals surface area contributed by atoms with Gasteiger partial charge in [0.25, 0.3) is 23.6 Å². The van der Waals surface area contributed by atoms with E-state index < -0.39 is 44.1 Å². The summed E-state index contributed by atoms with van der Waals surface area (Å²) in [5.41, 5.74) is 5.80. The fourth-order valence-electron chi connectivity index (χ4n) is 7.19. The van der Waals surface area contributed by atoms with Gasteiger partial charge in [0, 0.05) is 107 Å². The number of pyridine rings is 4. The molecule has 0 atom stereocenters. The minimum Gasteiger partial charge on any atom is -1.00 e. The lowest BCUT2D eigenvalue weighted by Gasteiger charge is -2.31. The molecule has 0 radical (unpaired) electrons. The van der Waals surface area contributed by atoms with Gasteiger partial charge in [0.05, 0.1) is 0 Å². The minimum atomic E-state index is -4.94. The summed E-state index contributed by atoms with van der Waals surface area (Å²) in [6.07, 6.45) is 17.2. The second kappa shape index (κ2) is 22.0. The summed E-state index contributed by atoms with van der Waals surface area (Å²) in [6.45, 7) is 1.72. The van der Waals surface area contributed by atoms with Gasteiger partial charge in [0.15, 0.2) is 49.6 Å². The molecule has 6 heterocycles. The summed E-state index contributed by atoms with van der Waals surface area (Å²) >= 11 is 0. The van der Waals surface area contributed by atoms with Gasteiger partial charge in [-0.1, -0.05) is 0 Å². The van der Waals surface area contributed by atoms with E-state index in [4.69, 9.17) is 37.3 Å². The van der Waals surface area contributed by atoms with E-state index in [0.717, 1.165) is 22.3 Å². The molecule has 0 N–H and O–H groups in total. The van der Waals surface area contributed by atoms with Crippen molar-refractivity contribution < 1.29 is 143 Å². The third kappa shape index (κ3) is 13.2. The van der Waals surface area contributed by atoms with E-state index in [0.29, 0.717) is 59.0 Å². The Kier molecular flexibility index (Phi) is 17.8. The first-order chi connectivity index (χ1) is 29.3. The Labute approximate surface area is 404 Å². The maximum absolute atomic E-state index is 13.7. The van der Waals surface area contributed by atoms with E-state index in [1.165, 1.54) is 9.80 Å². The van der Waals surface area contributed by atoms with Crippen LogP contribution in [-0.4, -0.2) is 46.5 Å². The zero-order valence-electron chi connectivity index (χ0n) is 33.9. The van der Waals surface area contributed by atoms with Crippen molar-refractivity contribution in [3.05, 3.63) is 145 Å². The molecule has 0 bridgehead atoms. The highest BCUT2D eigenvalue weighted by Gasteiger charge is 2.39. The lowest BCUT2D eigenvalue weighted by atomic mass is 9.86. The van der Waals surface area contributed by atoms with E-state index in [9.17, 15) is 19.2 Å². The van der Waals surface area contributed by atoms with Crippen LogP contribution in [0.1, 0.15) is 54.3 Å². The summed E-state index contributed by atoms with van der Waals surface area (Å²) in [4.78, 5) is 57.5. The van der Waals surface area contributed by atoms with Crippen LogP contribution < -0.4 is 103 Å². The normalized spacial score (nSPS) is 13.0. The van der Waals surface area contributed by atoms with Crippen molar-refractivity contribution >= 4 is 34.4 Å². The van der Waals surface area contributed by atoms with E-state index in [1.807, 2.05) is 81.9 Å². The van der Waals surface area contributed by atoms with Crippen LogP contribution in [0.2, 0.25) is 0 Å². The molecule has 0 aliphatic carbocycles. The lowest BCUT2D eigenvalue weighted by Crippen LogP contribution is -3.00. The third-order valence-electron chi connectivity index (χ3n) is 10.1. The molecule has 2 aromatic carbocycles. The van der Waals surface area contributed by atoms with Gasteiger partial charge in [-0.15, -0.1) is 20.5 Å². The van der Waals surface area contributed by atoms with Crippen LogP contribution in [0.25, 0.3) is 33.0 Å². The number of imide groups is 2. The lowest BCUT2D eigenvalue weighted by molar-refractivity contribution is -2.00. The standard InChI is InChI=1S/C42H38N6O4.2ClHO4.2HI/c1-43-21-9-29(10-22-43)31-13-25-45(26-14-31)17-3-19-47-39(49)33-5-7-35-38-36(8-6-34(37(33)38)40(47)50)42(52)48(41(35)51)20-4-18-46-27-15-32(16-28-46)30-11-23-44(2)24-12-30;2*2-1(3,4)5;;/h5-16,21-28H,3-4,17-20H2,1-2H3;2*(H,2,3,4,5);2*1H/q+4;;;;/p-4. The second-order valence-corrected chi connectivity index (χ2v) is 15.7. The van der Waals surface area contributed by atoms with Crippen molar-refractivity contribution in [1.29, 1.82) is 0 Å². The molecule has 0 saturated carbocycles. The molecule has 4 aromatic heterocycles. The van der Waals surface area contributed by atoms with Crippen molar-refractivity contribution in [2.45, 2.75) is 25.9 Å². The molecule has 0 saturated heterocycles. The molecule has 6 aromatic rings. The number of hydrogen-bond acceptors (Lipinski definition) is 12. The number of amides is 4. The number of hydrogen-bond donors (Lipinski definition) is 0. The van der Waals surface area contributed by atoms with Crippen molar-refractivity contribution in [3.63, 3.8) is 0 Å².